The smallest absolute Gasteiger partial charge is 0.0487 e. The number of fused-ring (bicyclic) bond motifs is 1. The van der Waals surface area contributed by atoms with Crippen molar-refractivity contribution in [3.63, 3.8) is 0 Å². The fourth-order valence-corrected chi connectivity index (χ4v) is 1.96. The summed E-state index contributed by atoms with van der Waals surface area (Å²) in [4.78, 5) is 0. The van der Waals surface area contributed by atoms with Crippen molar-refractivity contribution < 1.29 is 0 Å². The molecule has 0 heterocycles. The molecule has 0 amide bonds. The first-order valence-electron chi connectivity index (χ1n) is 4.02. The molecule has 0 fully saturated rings. The lowest BCUT2D eigenvalue weighted by Crippen LogP contribution is -1.77. The van der Waals surface area contributed by atoms with E-state index in [0.717, 1.165) is 26.4 Å². The number of hydrogen-bond acceptors (Lipinski definition) is 0. The van der Waals surface area contributed by atoms with Gasteiger partial charge in [0.15, 0.2) is 0 Å². The second-order valence-electron chi connectivity index (χ2n) is 3.11. The highest BCUT2D eigenvalue weighted by Crippen LogP contribution is 2.27. The van der Waals surface area contributed by atoms with Crippen LogP contribution in [0.15, 0.2) is 30.3 Å². The number of aryl methyl sites for hydroxylation is 1. The van der Waals surface area contributed by atoms with Crippen LogP contribution >= 0.6 is 23.2 Å². The summed E-state index contributed by atoms with van der Waals surface area (Å²) >= 11 is 12.0. The van der Waals surface area contributed by atoms with Gasteiger partial charge in [-0.05, 0) is 36.1 Å². The minimum atomic E-state index is 0.745. The molecule has 0 spiro atoms. The van der Waals surface area contributed by atoms with E-state index in [0.29, 0.717) is 0 Å². The Morgan fingerprint density at radius 2 is 1.77 bits per heavy atom. The van der Waals surface area contributed by atoms with Crippen molar-refractivity contribution in [2.75, 3.05) is 0 Å². The van der Waals surface area contributed by atoms with Crippen molar-refractivity contribution in [1.82, 2.24) is 0 Å². The maximum absolute atomic E-state index is 6.07. The van der Waals surface area contributed by atoms with E-state index in [1.165, 1.54) is 0 Å². The first-order chi connectivity index (χ1) is 6.16. The lowest BCUT2D eigenvalue weighted by atomic mass is 10.1. The van der Waals surface area contributed by atoms with Crippen LogP contribution < -0.4 is 0 Å². The lowest BCUT2D eigenvalue weighted by molar-refractivity contribution is 1.51. The molecule has 2 heteroatoms. The summed E-state index contributed by atoms with van der Waals surface area (Å²) in [5.74, 6) is 0. The fourth-order valence-electron chi connectivity index (χ4n) is 1.44. The Morgan fingerprint density at radius 1 is 1.00 bits per heavy atom. The summed E-state index contributed by atoms with van der Waals surface area (Å²) in [6.45, 7) is 2.02. The zero-order valence-electron chi connectivity index (χ0n) is 7.14. The Hall–Kier alpha value is -0.720. The average Bonchev–Trinajstić information content (AvgIpc) is 2.02. The van der Waals surface area contributed by atoms with Gasteiger partial charge >= 0.3 is 0 Å². The molecule has 0 atom stereocenters. The zero-order chi connectivity index (χ0) is 9.42. The average molecular weight is 211 g/mol. The highest BCUT2D eigenvalue weighted by Gasteiger charge is 2.00. The highest BCUT2D eigenvalue weighted by molar-refractivity contribution is 6.36. The van der Waals surface area contributed by atoms with Gasteiger partial charge in [0.2, 0.25) is 0 Å². The van der Waals surface area contributed by atoms with E-state index in [4.69, 9.17) is 23.2 Å². The molecule has 2 rings (SSSR count). The first kappa shape index (κ1) is 8.86. The van der Waals surface area contributed by atoms with Crippen LogP contribution in [-0.4, -0.2) is 0 Å². The highest BCUT2D eigenvalue weighted by atomic mass is 35.5. The van der Waals surface area contributed by atoms with E-state index < -0.39 is 0 Å². The molecule has 0 aliphatic heterocycles. The monoisotopic (exact) mass is 210 g/mol. The molecule has 0 N–H and O–H groups in total. The second-order valence-corrected chi connectivity index (χ2v) is 3.96. The molecule has 0 saturated heterocycles. The first-order valence-corrected chi connectivity index (χ1v) is 4.78. The summed E-state index contributed by atoms with van der Waals surface area (Å²) in [7, 11) is 0. The van der Waals surface area contributed by atoms with Gasteiger partial charge in [-0.25, -0.2) is 0 Å². The Bertz CT molecular complexity index is 456. The normalized spacial score (nSPS) is 10.7. The third-order valence-corrected chi connectivity index (χ3v) is 2.56. The van der Waals surface area contributed by atoms with Gasteiger partial charge in [-0.15, -0.1) is 0 Å². The van der Waals surface area contributed by atoms with Gasteiger partial charge < -0.3 is 0 Å². The molecule has 0 unspecified atom stereocenters. The summed E-state index contributed by atoms with van der Waals surface area (Å²) in [5, 5.41) is 3.68. The minimum Gasteiger partial charge on any atom is -0.0843 e. The molecule has 0 aromatic heterocycles. The summed E-state index contributed by atoms with van der Waals surface area (Å²) in [6.07, 6.45) is 0. The van der Waals surface area contributed by atoms with E-state index in [2.05, 4.69) is 6.07 Å². The maximum atomic E-state index is 6.07. The van der Waals surface area contributed by atoms with Crippen LogP contribution in [0.3, 0.4) is 0 Å². The van der Waals surface area contributed by atoms with Crippen molar-refractivity contribution >= 4 is 34.0 Å². The van der Waals surface area contributed by atoms with Gasteiger partial charge in [-0.3, -0.25) is 0 Å². The molecule has 13 heavy (non-hydrogen) atoms. The minimum absolute atomic E-state index is 0.745. The van der Waals surface area contributed by atoms with E-state index in [9.17, 15) is 0 Å². The SMILES string of the molecule is Cc1cc(Cl)c2ccc(Cl)cc2c1. The van der Waals surface area contributed by atoms with Crippen LogP contribution in [0.5, 0.6) is 0 Å². The van der Waals surface area contributed by atoms with Crippen LogP contribution in [0.25, 0.3) is 10.8 Å². The Kier molecular flexibility index (Phi) is 2.19. The van der Waals surface area contributed by atoms with Crippen LogP contribution in [0.2, 0.25) is 10.0 Å². The van der Waals surface area contributed by atoms with E-state index in [1.54, 1.807) is 0 Å². The van der Waals surface area contributed by atoms with Gasteiger partial charge in [-0.2, -0.15) is 0 Å². The van der Waals surface area contributed by atoms with Crippen molar-refractivity contribution in [3.8, 4) is 0 Å². The molecule has 2 aromatic carbocycles. The van der Waals surface area contributed by atoms with E-state index in [-0.39, 0.29) is 0 Å². The molecule has 0 saturated carbocycles. The molecule has 0 radical (unpaired) electrons. The fraction of sp³-hybridized carbons (Fsp3) is 0.0909. The largest absolute Gasteiger partial charge is 0.0843 e. The topological polar surface area (TPSA) is 0 Å². The predicted octanol–water partition coefficient (Wildman–Crippen LogP) is 4.46. The molecule has 0 bridgehead atoms. The van der Waals surface area contributed by atoms with Gasteiger partial charge in [0.1, 0.15) is 0 Å². The van der Waals surface area contributed by atoms with Crippen molar-refractivity contribution in [3.05, 3.63) is 45.9 Å². The molecular weight excluding hydrogens is 203 g/mol. The Balaban J connectivity index is 2.86. The summed E-state index contributed by atoms with van der Waals surface area (Å²) in [5.41, 5.74) is 1.15. The van der Waals surface area contributed by atoms with Gasteiger partial charge in [0.25, 0.3) is 0 Å². The quantitative estimate of drug-likeness (QED) is 0.603. The van der Waals surface area contributed by atoms with Gasteiger partial charge in [0, 0.05) is 15.4 Å². The third-order valence-electron chi connectivity index (χ3n) is 2.01. The molecule has 2 aromatic rings. The van der Waals surface area contributed by atoms with Crippen LogP contribution in [-0.2, 0) is 0 Å². The maximum Gasteiger partial charge on any atom is 0.0487 e. The molecule has 0 aliphatic rings. The molecular formula is C11H8Cl2. The van der Waals surface area contributed by atoms with Gasteiger partial charge in [-0.1, -0.05) is 35.3 Å². The van der Waals surface area contributed by atoms with Crippen LogP contribution in [0.1, 0.15) is 5.56 Å². The molecule has 0 nitrogen and oxygen atoms in total. The second kappa shape index (κ2) is 3.21. The van der Waals surface area contributed by atoms with Gasteiger partial charge in [0.05, 0.1) is 0 Å². The van der Waals surface area contributed by atoms with Crippen LogP contribution in [0.4, 0.5) is 0 Å². The van der Waals surface area contributed by atoms with Crippen molar-refractivity contribution in [2.45, 2.75) is 6.92 Å². The lowest BCUT2D eigenvalue weighted by Gasteiger charge is -2.02. The number of halogens is 2. The molecule has 0 aliphatic carbocycles. The number of rotatable bonds is 0. The van der Waals surface area contributed by atoms with E-state index >= 15 is 0 Å². The standard InChI is InChI=1S/C11H8Cl2/c1-7-4-8-6-9(12)2-3-10(8)11(13)5-7/h2-6H,1H3. The summed E-state index contributed by atoms with van der Waals surface area (Å²) in [6, 6.07) is 9.76. The zero-order valence-corrected chi connectivity index (χ0v) is 8.65. The number of benzene rings is 2. The van der Waals surface area contributed by atoms with Crippen LogP contribution in [0, 0.1) is 6.92 Å². The Morgan fingerprint density at radius 3 is 2.54 bits per heavy atom. The third kappa shape index (κ3) is 1.65. The molecule has 66 valence electrons. The van der Waals surface area contributed by atoms with Crippen molar-refractivity contribution in [1.29, 1.82) is 0 Å². The van der Waals surface area contributed by atoms with Crippen molar-refractivity contribution in [2.24, 2.45) is 0 Å². The van der Waals surface area contributed by atoms with E-state index in [1.807, 2.05) is 31.2 Å². The summed E-state index contributed by atoms with van der Waals surface area (Å²) < 4.78 is 0. The Labute approximate surface area is 87.1 Å². The predicted molar refractivity (Wildman–Crippen MR) is 58.7 cm³/mol. The number of hydrogen-bond donors (Lipinski definition) is 0.